The fourth-order valence-corrected chi connectivity index (χ4v) is 0.775. The van der Waals surface area contributed by atoms with Gasteiger partial charge in [-0.3, -0.25) is 0 Å². The van der Waals surface area contributed by atoms with Crippen molar-refractivity contribution in [1.82, 2.24) is 0 Å². The molecule has 1 nitrogen and oxygen atoms in total. The molecule has 53 valence electrons. The topological polar surface area (TPSA) is 9.23 Å². The van der Waals surface area contributed by atoms with Crippen molar-refractivity contribution in [3.05, 3.63) is 36.2 Å². The van der Waals surface area contributed by atoms with E-state index in [2.05, 4.69) is 6.92 Å². The van der Waals surface area contributed by atoms with Crippen LogP contribution in [0, 0.1) is 13.8 Å². The number of aryl methyl sites for hydroxylation is 1. The van der Waals surface area contributed by atoms with Gasteiger partial charge in [0, 0.05) is 0 Å². The second kappa shape index (κ2) is 2.74. The molecule has 0 spiro atoms. The lowest BCUT2D eigenvalue weighted by molar-refractivity contribution is 0.414. The summed E-state index contributed by atoms with van der Waals surface area (Å²) in [6.07, 6.45) is 0. The highest BCUT2D eigenvalue weighted by molar-refractivity contribution is 5.36. The minimum atomic E-state index is 0.871. The minimum absolute atomic E-state index is 0.871. The molecular weight excluding hydrogens is 124 g/mol. The molecule has 0 aromatic heterocycles. The van der Waals surface area contributed by atoms with Crippen molar-refractivity contribution in [2.45, 2.75) is 6.92 Å². The molecule has 0 aliphatic rings. The smallest absolute Gasteiger partial charge is 0.119 e. The number of ether oxygens (including phenoxy) is 1. The van der Waals surface area contributed by atoms with Gasteiger partial charge in [-0.05, 0) is 37.1 Å². The van der Waals surface area contributed by atoms with E-state index < -0.39 is 0 Å². The van der Waals surface area contributed by atoms with Crippen LogP contribution in [0.5, 0.6) is 5.75 Å². The van der Waals surface area contributed by atoms with Crippen LogP contribution in [0.4, 0.5) is 0 Å². The normalized spacial score (nSPS) is 9.50. The number of hydrogen-bond donors (Lipinski definition) is 0. The van der Waals surface area contributed by atoms with Crippen molar-refractivity contribution in [3.63, 3.8) is 0 Å². The lowest BCUT2D eigenvalue weighted by atomic mass is 10.1. The average Bonchev–Trinajstić information content (AvgIpc) is 1.95. The first-order valence-electron chi connectivity index (χ1n) is 3.20. The summed E-state index contributed by atoms with van der Waals surface area (Å²) in [5, 5.41) is 0. The van der Waals surface area contributed by atoms with E-state index in [0.29, 0.717) is 0 Å². The van der Waals surface area contributed by atoms with Gasteiger partial charge in [-0.2, -0.15) is 0 Å². The van der Waals surface area contributed by atoms with E-state index in [1.165, 1.54) is 5.56 Å². The zero-order valence-corrected chi connectivity index (χ0v) is 6.35. The van der Waals surface area contributed by atoms with Crippen molar-refractivity contribution < 1.29 is 4.74 Å². The highest BCUT2D eigenvalue weighted by Gasteiger charge is 1.93. The predicted molar refractivity (Wildman–Crippen MR) is 42.2 cm³/mol. The molecule has 1 aromatic carbocycles. The summed E-state index contributed by atoms with van der Waals surface area (Å²) in [5.74, 6) is 0.871. The molecule has 0 heterocycles. The van der Waals surface area contributed by atoms with Gasteiger partial charge in [0.25, 0.3) is 0 Å². The highest BCUT2D eigenvalue weighted by Crippen LogP contribution is 2.15. The van der Waals surface area contributed by atoms with E-state index in [9.17, 15) is 0 Å². The molecule has 0 unspecified atom stereocenters. The molecule has 0 atom stereocenters. The number of benzene rings is 1. The van der Waals surface area contributed by atoms with Crippen molar-refractivity contribution in [3.8, 4) is 5.75 Å². The molecule has 1 radical (unpaired) electrons. The summed E-state index contributed by atoms with van der Waals surface area (Å²) in [6.45, 7) is 5.88. The van der Waals surface area contributed by atoms with Crippen molar-refractivity contribution in [1.29, 1.82) is 0 Å². The first kappa shape index (κ1) is 7.13. The number of methoxy groups -OCH3 is 1. The van der Waals surface area contributed by atoms with E-state index in [4.69, 9.17) is 4.74 Å². The standard InChI is InChI=1S/C9H11O/c1-7-4-5-9(10-3)6-8(7)2/h4-6H,2H2,1,3H3. The van der Waals surface area contributed by atoms with Gasteiger partial charge in [0.05, 0.1) is 7.11 Å². The second-order valence-electron chi connectivity index (χ2n) is 2.29. The van der Waals surface area contributed by atoms with Crippen molar-refractivity contribution >= 4 is 0 Å². The fourth-order valence-electron chi connectivity index (χ4n) is 0.775. The Morgan fingerprint density at radius 1 is 1.40 bits per heavy atom. The molecule has 0 N–H and O–H groups in total. The van der Waals surface area contributed by atoms with E-state index in [1.54, 1.807) is 7.11 Å². The summed E-state index contributed by atoms with van der Waals surface area (Å²) >= 11 is 0. The number of hydrogen-bond acceptors (Lipinski definition) is 1. The molecule has 1 heteroatoms. The van der Waals surface area contributed by atoms with Crippen LogP contribution in [-0.2, 0) is 0 Å². The summed E-state index contributed by atoms with van der Waals surface area (Å²) in [5.41, 5.74) is 2.22. The third-order valence-corrected chi connectivity index (χ3v) is 1.56. The lowest BCUT2D eigenvalue weighted by Gasteiger charge is -2.02. The Morgan fingerprint density at radius 3 is 2.60 bits per heavy atom. The molecule has 0 saturated heterocycles. The molecule has 0 saturated carbocycles. The average molecular weight is 135 g/mol. The maximum atomic E-state index is 5.01. The van der Waals surface area contributed by atoms with Crippen LogP contribution in [0.3, 0.4) is 0 Å². The summed E-state index contributed by atoms with van der Waals surface area (Å²) in [7, 11) is 1.66. The van der Waals surface area contributed by atoms with Gasteiger partial charge in [0.15, 0.2) is 0 Å². The molecule has 0 amide bonds. The van der Waals surface area contributed by atoms with Gasteiger partial charge >= 0.3 is 0 Å². The van der Waals surface area contributed by atoms with Gasteiger partial charge in [-0.15, -0.1) is 0 Å². The quantitative estimate of drug-likeness (QED) is 0.573. The second-order valence-corrected chi connectivity index (χ2v) is 2.29. The molecule has 0 aliphatic carbocycles. The molecule has 1 rings (SSSR count). The Morgan fingerprint density at radius 2 is 2.10 bits per heavy atom. The van der Waals surface area contributed by atoms with Gasteiger partial charge < -0.3 is 4.74 Å². The maximum absolute atomic E-state index is 5.01. The van der Waals surface area contributed by atoms with Crippen LogP contribution < -0.4 is 4.74 Å². The fraction of sp³-hybridized carbons (Fsp3) is 0.222. The third-order valence-electron chi connectivity index (χ3n) is 1.56. The minimum Gasteiger partial charge on any atom is -0.497 e. The van der Waals surface area contributed by atoms with Crippen LogP contribution >= 0.6 is 0 Å². The predicted octanol–water partition coefficient (Wildman–Crippen LogP) is 2.19. The van der Waals surface area contributed by atoms with Gasteiger partial charge in [-0.1, -0.05) is 6.07 Å². The van der Waals surface area contributed by atoms with E-state index >= 15 is 0 Å². The number of rotatable bonds is 1. The molecular formula is C9H11O. The zero-order valence-electron chi connectivity index (χ0n) is 6.35. The lowest BCUT2D eigenvalue weighted by Crippen LogP contribution is -1.85. The molecule has 0 bridgehead atoms. The molecule has 10 heavy (non-hydrogen) atoms. The molecule has 0 fully saturated rings. The SMILES string of the molecule is [CH2]c1cc(OC)ccc1C. The van der Waals surface area contributed by atoms with Gasteiger partial charge in [-0.25, -0.2) is 0 Å². The van der Waals surface area contributed by atoms with Crippen LogP contribution in [0.25, 0.3) is 0 Å². The summed E-state index contributed by atoms with van der Waals surface area (Å²) < 4.78 is 5.01. The van der Waals surface area contributed by atoms with Crippen LogP contribution in [-0.4, -0.2) is 7.11 Å². The van der Waals surface area contributed by atoms with Crippen LogP contribution in [0.15, 0.2) is 18.2 Å². The summed E-state index contributed by atoms with van der Waals surface area (Å²) in [6, 6.07) is 5.86. The molecule has 1 aromatic rings. The zero-order chi connectivity index (χ0) is 7.56. The first-order chi connectivity index (χ1) is 4.74. The van der Waals surface area contributed by atoms with Crippen LogP contribution in [0.2, 0.25) is 0 Å². The van der Waals surface area contributed by atoms with Crippen molar-refractivity contribution in [2.75, 3.05) is 7.11 Å². The highest BCUT2D eigenvalue weighted by atomic mass is 16.5. The van der Waals surface area contributed by atoms with E-state index in [0.717, 1.165) is 11.3 Å². The maximum Gasteiger partial charge on any atom is 0.119 e. The van der Waals surface area contributed by atoms with Gasteiger partial charge in [0.1, 0.15) is 5.75 Å². The Bertz CT molecular complexity index is 228. The largest absolute Gasteiger partial charge is 0.497 e. The monoisotopic (exact) mass is 135 g/mol. The molecule has 0 aliphatic heterocycles. The van der Waals surface area contributed by atoms with E-state index in [1.807, 2.05) is 25.1 Å². The Hall–Kier alpha value is -0.980. The van der Waals surface area contributed by atoms with Crippen molar-refractivity contribution in [2.24, 2.45) is 0 Å². The Kier molecular flexibility index (Phi) is 1.95. The van der Waals surface area contributed by atoms with Gasteiger partial charge in [0.2, 0.25) is 0 Å². The Balaban J connectivity index is 3.04. The summed E-state index contributed by atoms with van der Waals surface area (Å²) in [4.78, 5) is 0. The van der Waals surface area contributed by atoms with E-state index in [-0.39, 0.29) is 0 Å². The third kappa shape index (κ3) is 1.29. The Labute approximate surface area is 61.6 Å². The first-order valence-corrected chi connectivity index (χ1v) is 3.20. The van der Waals surface area contributed by atoms with Crippen LogP contribution in [0.1, 0.15) is 11.1 Å².